The summed E-state index contributed by atoms with van der Waals surface area (Å²) in [5.41, 5.74) is 5.78. The van der Waals surface area contributed by atoms with E-state index in [1.165, 1.54) is 5.56 Å². The van der Waals surface area contributed by atoms with Crippen LogP contribution in [0.4, 0.5) is 0 Å². The second-order valence-corrected chi connectivity index (χ2v) is 13.6. The number of benzene rings is 3. The molecule has 0 fully saturated rings. The number of fused-ring (bicyclic) bond motifs is 3. The van der Waals surface area contributed by atoms with Crippen molar-refractivity contribution in [1.82, 2.24) is 29.3 Å². The quantitative estimate of drug-likeness (QED) is 0.150. The molecule has 4 heterocycles. The molecule has 0 amide bonds. The van der Waals surface area contributed by atoms with Crippen LogP contribution in [0.25, 0.3) is 44.6 Å². The van der Waals surface area contributed by atoms with Gasteiger partial charge in [0.1, 0.15) is 17.5 Å². The van der Waals surface area contributed by atoms with Crippen molar-refractivity contribution in [3.63, 3.8) is 0 Å². The maximum Gasteiger partial charge on any atom is 2.00 e. The van der Waals surface area contributed by atoms with E-state index in [1.807, 2.05) is 42.7 Å². The summed E-state index contributed by atoms with van der Waals surface area (Å²) >= 11 is 0. The minimum Gasteiger partial charge on any atom is -0.503 e. The zero-order valence-corrected chi connectivity index (χ0v) is 30.5. The van der Waals surface area contributed by atoms with Crippen LogP contribution in [0.1, 0.15) is 77.5 Å². The van der Waals surface area contributed by atoms with Crippen molar-refractivity contribution in [1.29, 1.82) is 0 Å². The molecule has 0 aliphatic heterocycles. The standard InChI is InChI=1S/C40H38N6O.Pt/c1-25(2)38-43-44-39(26(3)4)45(38)29-18-20-41-34(23-29)27-11-10-12-30(21-27)47-31-15-16-33-32-13-8-9-14-35(32)46(36(33)24-31)37-22-28(17-19-42-37)40(5,6)7;/h8-20,22-23,25-26H,1-7H3;/q-2;+2. The number of hydrogen-bond donors (Lipinski definition) is 0. The fourth-order valence-corrected chi connectivity index (χ4v) is 5.98. The van der Waals surface area contributed by atoms with E-state index in [-0.39, 0.29) is 38.3 Å². The fourth-order valence-electron chi connectivity index (χ4n) is 5.98. The Morgan fingerprint density at radius 1 is 0.688 bits per heavy atom. The van der Waals surface area contributed by atoms with Gasteiger partial charge in [0.05, 0.1) is 0 Å². The van der Waals surface area contributed by atoms with Gasteiger partial charge in [0.2, 0.25) is 0 Å². The van der Waals surface area contributed by atoms with E-state index in [0.717, 1.165) is 56.2 Å². The van der Waals surface area contributed by atoms with Crippen LogP contribution in [0.3, 0.4) is 0 Å². The molecule has 4 aromatic heterocycles. The van der Waals surface area contributed by atoms with Gasteiger partial charge in [-0.25, -0.2) is 4.98 Å². The first-order valence-corrected chi connectivity index (χ1v) is 16.1. The van der Waals surface area contributed by atoms with Crippen molar-refractivity contribution >= 4 is 21.8 Å². The molecule has 7 aromatic rings. The first-order chi connectivity index (χ1) is 22.6. The molecular weight excluding hydrogens is 776 g/mol. The smallest absolute Gasteiger partial charge is 0.503 e. The Bertz CT molecular complexity index is 2220. The molecule has 3 aromatic carbocycles. The van der Waals surface area contributed by atoms with Gasteiger partial charge in [-0.2, -0.15) is 6.07 Å². The summed E-state index contributed by atoms with van der Waals surface area (Å²) in [6.45, 7) is 15.2. The number of ether oxygens (including phenoxy) is 1. The summed E-state index contributed by atoms with van der Waals surface area (Å²) in [5.74, 6) is 4.32. The molecule has 244 valence electrons. The van der Waals surface area contributed by atoms with Gasteiger partial charge in [-0.1, -0.05) is 84.3 Å². The van der Waals surface area contributed by atoms with Crippen molar-refractivity contribution in [2.75, 3.05) is 0 Å². The van der Waals surface area contributed by atoms with Crippen LogP contribution in [0, 0.1) is 12.1 Å². The van der Waals surface area contributed by atoms with Crippen LogP contribution in [-0.4, -0.2) is 29.3 Å². The summed E-state index contributed by atoms with van der Waals surface area (Å²) in [4.78, 5) is 9.48. The van der Waals surface area contributed by atoms with Crippen LogP contribution in [0.15, 0.2) is 91.3 Å². The molecule has 8 heteroatoms. The van der Waals surface area contributed by atoms with Crippen molar-refractivity contribution in [3.8, 4) is 34.3 Å². The zero-order chi connectivity index (χ0) is 32.9. The number of nitrogens with zero attached hydrogens (tertiary/aromatic N) is 6. The Balaban J connectivity index is 0.00000401. The van der Waals surface area contributed by atoms with Crippen molar-refractivity contribution in [3.05, 3.63) is 121 Å². The normalized spacial score (nSPS) is 11.9. The van der Waals surface area contributed by atoms with Gasteiger partial charge >= 0.3 is 21.1 Å². The first-order valence-electron chi connectivity index (χ1n) is 16.1. The monoisotopic (exact) mass is 813 g/mol. The molecule has 0 N–H and O–H groups in total. The van der Waals surface area contributed by atoms with E-state index in [9.17, 15) is 0 Å². The third-order valence-electron chi connectivity index (χ3n) is 8.41. The summed E-state index contributed by atoms with van der Waals surface area (Å²) < 4.78 is 10.7. The molecule has 0 radical (unpaired) electrons. The Morgan fingerprint density at radius 2 is 1.40 bits per heavy atom. The largest absolute Gasteiger partial charge is 2.00 e. The van der Waals surface area contributed by atoms with Gasteiger partial charge in [-0.15, -0.1) is 51.5 Å². The number of pyridine rings is 2. The molecular formula is C40H38N6OPt. The first kappa shape index (κ1) is 33.3. The van der Waals surface area contributed by atoms with E-state index >= 15 is 0 Å². The van der Waals surface area contributed by atoms with E-state index in [0.29, 0.717) is 11.5 Å². The molecule has 0 unspecified atom stereocenters. The topological polar surface area (TPSA) is 70.7 Å². The predicted octanol–water partition coefficient (Wildman–Crippen LogP) is 9.76. The van der Waals surface area contributed by atoms with Gasteiger partial charge in [-0.05, 0) is 46.3 Å². The molecule has 0 saturated heterocycles. The van der Waals surface area contributed by atoms with Crippen LogP contribution >= 0.6 is 0 Å². The number of para-hydroxylation sites is 1. The third-order valence-corrected chi connectivity index (χ3v) is 8.41. The maximum atomic E-state index is 6.42. The zero-order valence-electron chi connectivity index (χ0n) is 28.2. The number of hydrogen-bond acceptors (Lipinski definition) is 5. The van der Waals surface area contributed by atoms with E-state index in [4.69, 9.17) is 14.7 Å². The molecule has 0 aliphatic rings. The Hall–Kier alpha value is -4.61. The molecule has 0 aliphatic carbocycles. The van der Waals surface area contributed by atoms with E-state index in [2.05, 4.69) is 128 Å². The van der Waals surface area contributed by atoms with Crippen molar-refractivity contribution in [2.24, 2.45) is 0 Å². The van der Waals surface area contributed by atoms with Gasteiger partial charge in [0.15, 0.2) is 0 Å². The molecule has 0 spiro atoms. The molecule has 48 heavy (non-hydrogen) atoms. The Labute approximate surface area is 296 Å². The third kappa shape index (κ3) is 6.20. The Kier molecular flexibility index (Phi) is 9.10. The summed E-state index contributed by atoms with van der Waals surface area (Å²) in [5, 5.41) is 11.2. The Morgan fingerprint density at radius 3 is 2.12 bits per heavy atom. The molecule has 7 rings (SSSR count). The van der Waals surface area contributed by atoms with E-state index in [1.54, 1.807) is 0 Å². The summed E-state index contributed by atoms with van der Waals surface area (Å²) in [7, 11) is 0. The summed E-state index contributed by atoms with van der Waals surface area (Å²) in [6, 6.07) is 33.6. The summed E-state index contributed by atoms with van der Waals surface area (Å²) in [6.07, 6.45) is 3.71. The second kappa shape index (κ2) is 13.1. The minimum atomic E-state index is -0.00720. The second-order valence-electron chi connectivity index (χ2n) is 13.6. The van der Waals surface area contributed by atoms with Crippen LogP contribution in [0.5, 0.6) is 11.5 Å². The average molecular weight is 814 g/mol. The average Bonchev–Trinajstić information content (AvgIpc) is 3.65. The van der Waals surface area contributed by atoms with Gasteiger partial charge < -0.3 is 14.3 Å². The van der Waals surface area contributed by atoms with Gasteiger partial charge in [0.25, 0.3) is 0 Å². The van der Waals surface area contributed by atoms with Gasteiger partial charge in [0, 0.05) is 46.9 Å². The van der Waals surface area contributed by atoms with Crippen molar-refractivity contribution in [2.45, 2.75) is 65.7 Å². The van der Waals surface area contributed by atoms with Gasteiger partial charge in [-0.3, -0.25) is 4.57 Å². The molecule has 0 bridgehead atoms. The van der Waals surface area contributed by atoms with Crippen LogP contribution in [0.2, 0.25) is 0 Å². The number of rotatable bonds is 7. The van der Waals surface area contributed by atoms with Crippen LogP contribution in [-0.2, 0) is 26.5 Å². The fraction of sp³-hybridized carbons (Fsp3) is 0.250. The van der Waals surface area contributed by atoms with Crippen LogP contribution < -0.4 is 4.74 Å². The predicted molar refractivity (Wildman–Crippen MR) is 188 cm³/mol. The maximum absolute atomic E-state index is 6.42. The van der Waals surface area contributed by atoms with E-state index < -0.39 is 0 Å². The minimum absolute atomic E-state index is 0. The SMILES string of the molecule is CC(C)c1nnc(C(C)C)n1-c1ccnc(-c2[c-]c(Oc3[c-]c4c(cc3)c3ccccc3n4-c3cc(C(C)(C)C)ccn3)ccc2)c1.[Pt+2]. The molecule has 7 nitrogen and oxygen atoms in total. The molecule has 0 saturated carbocycles. The number of aromatic nitrogens is 6. The molecule has 0 atom stereocenters. The van der Waals surface area contributed by atoms with Crippen molar-refractivity contribution < 1.29 is 25.8 Å².